The number of carbonyl (C=O) groups excluding carboxylic acids is 2. The molecule has 1 rings (SSSR count). The van der Waals surface area contributed by atoms with Gasteiger partial charge in [-0.2, -0.15) is 0 Å². The number of hydrogen-bond donors (Lipinski definition) is 1. The molecule has 1 N–H and O–H groups in total. The van der Waals surface area contributed by atoms with Gasteiger partial charge in [-0.3, -0.25) is 4.79 Å². The highest BCUT2D eigenvalue weighted by molar-refractivity contribution is 5.79. The largest absolute Gasteiger partial charge is 0.334 e. The van der Waals surface area contributed by atoms with Crippen LogP contribution in [0.3, 0.4) is 0 Å². The van der Waals surface area contributed by atoms with Crippen molar-refractivity contribution in [3.8, 4) is 0 Å². The van der Waals surface area contributed by atoms with Crippen molar-refractivity contribution in [1.82, 2.24) is 10.2 Å². The van der Waals surface area contributed by atoms with E-state index in [-0.39, 0.29) is 17.9 Å². The average Bonchev–Trinajstić information content (AvgIpc) is 2.26. The zero-order chi connectivity index (χ0) is 9.14. The monoisotopic (exact) mass is 170 g/mol. The van der Waals surface area contributed by atoms with E-state index in [1.54, 1.807) is 4.90 Å². The second-order valence-electron chi connectivity index (χ2n) is 3.25. The van der Waals surface area contributed by atoms with Crippen LogP contribution >= 0.6 is 0 Å². The van der Waals surface area contributed by atoms with Crippen LogP contribution in [0, 0.1) is 0 Å². The number of carbonyl (C=O) groups is 2. The lowest BCUT2D eigenvalue weighted by atomic mass is 10.3. The van der Waals surface area contributed by atoms with Crippen molar-refractivity contribution in [3.63, 3.8) is 0 Å². The predicted molar refractivity (Wildman–Crippen MR) is 44.9 cm³/mol. The van der Waals surface area contributed by atoms with Gasteiger partial charge < -0.3 is 10.2 Å². The molecule has 0 aromatic rings. The van der Waals surface area contributed by atoms with E-state index in [0.29, 0.717) is 19.5 Å². The van der Waals surface area contributed by atoms with Crippen LogP contribution in [0.1, 0.15) is 20.3 Å². The van der Waals surface area contributed by atoms with E-state index in [0.717, 1.165) is 0 Å². The van der Waals surface area contributed by atoms with Gasteiger partial charge in [0.25, 0.3) is 0 Å². The number of Topliss-reactive ketones (excluding diaryl/α,β-unsaturated/α-hetero) is 1. The minimum Gasteiger partial charge on any atom is -0.334 e. The highest BCUT2D eigenvalue weighted by atomic mass is 16.2. The molecule has 0 radical (unpaired) electrons. The Morgan fingerprint density at radius 2 is 2.42 bits per heavy atom. The first-order valence-corrected chi connectivity index (χ1v) is 4.14. The second kappa shape index (κ2) is 3.56. The highest BCUT2D eigenvalue weighted by Crippen LogP contribution is 2.03. The number of urea groups is 1. The van der Waals surface area contributed by atoms with Gasteiger partial charge in [0, 0.05) is 25.6 Å². The van der Waals surface area contributed by atoms with E-state index in [1.165, 1.54) is 6.92 Å². The molecule has 4 nitrogen and oxygen atoms in total. The summed E-state index contributed by atoms with van der Waals surface area (Å²) in [7, 11) is 0. The second-order valence-corrected chi connectivity index (χ2v) is 3.25. The Bertz CT molecular complexity index is 203. The van der Waals surface area contributed by atoms with Gasteiger partial charge in [0.2, 0.25) is 0 Å². The fourth-order valence-corrected chi connectivity index (χ4v) is 1.25. The minimum atomic E-state index is -0.0521. The van der Waals surface area contributed by atoms with Gasteiger partial charge >= 0.3 is 6.03 Å². The van der Waals surface area contributed by atoms with Gasteiger partial charge in [-0.05, 0) is 13.8 Å². The van der Waals surface area contributed by atoms with Crippen molar-refractivity contribution in [2.24, 2.45) is 0 Å². The summed E-state index contributed by atoms with van der Waals surface area (Å²) in [5.41, 5.74) is 0. The fourth-order valence-electron chi connectivity index (χ4n) is 1.25. The van der Waals surface area contributed by atoms with E-state index in [4.69, 9.17) is 0 Å². The lowest BCUT2D eigenvalue weighted by Crippen LogP contribution is -2.29. The van der Waals surface area contributed by atoms with Gasteiger partial charge in [0.1, 0.15) is 5.78 Å². The Labute approximate surface area is 71.9 Å². The topological polar surface area (TPSA) is 49.4 Å². The molecule has 0 aromatic carbocycles. The van der Waals surface area contributed by atoms with Crippen LogP contribution in [0.25, 0.3) is 0 Å². The highest BCUT2D eigenvalue weighted by Gasteiger charge is 2.24. The summed E-state index contributed by atoms with van der Waals surface area (Å²) in [5, 5.41) is 2.77. The van der Waals surface area contributed by atoms with Crippen LogP contribution in [-0.4, -0.2) is 35.8 Å². The van der Waals surface area contributed by atoms with E-state index in [1.807, 2.05) is 6.92 Å². The quantitative estimate of drug-likeness (QED) is 0.665. The minimum absolute atomic E-state index is 0.0521. The van der Waals surface area contributed by atoms with Gasteiger partial charge in [-0.25, -0.2) is 4.79 Å². The van der Waals surface area contributed by atoms with Gasteiger partial charge in [-0.15, -0.1) is 0 Å². The predicted octanol–water partition coefficient (Wildman–Crippen LogP) is 0.379. The molecule has 1 unspecified atom stereocenters. The number of ketones is 1. The zero-order valence-corrected chi connectivity index (χ0v) is 7.46. The maximum atomic E-state index is 11.1. The molecule has 1 aliphatic heterocycles. The maximum Gasteiger partial charge on any atom is 0.317 e. The van der Waals surface area contributed by atoms with Crippen LogP contribution in [0.2, 0.25) is 0 Å². The van der Waals surface area contributed by atoms with Crippen molar-refractivity contribution in [2.45, 2.75) is 26.3 Å². The fraction of sp³-hybridized carbons (Fsp3) is 0.750. The lowest BCUT2D eigenvalue weighted by molar-refractivity contribution is -0.117. The Hall–Kier alpha value is -1.06. The van der Waals surface area contributed by atoms with E-state index < -0.39 is 0 Å². The number of rotatable bonds is 3. The molecular weight excluding hydrogens is 156 g/mol. The van der Waals surface area contributed by atoms with Crippen molar-refractivity contribution < 1.29 is 9.59 Å². The van der Waals surface area contributed by atoms with Crippen LogP contribution in [-0.2, 0) is 4.79 Å². The van der Waals surface area contributed by atoms with E-state index in [2.05, 4.69) is 5.32 Å². The third kappa shape index (κ3) is 2.22. The first kappa shape index (κ1) is 9.03. The molecule has 4 heteroatoms. The molecule has 0 saturated carbocycles. The molecule has 68 valence electrons. The van der Waals surface area contributed by atoms with Gasteiger partial charge in [0.15, 0.2) is 0 Å². The first-order valence-electron chi connectivity index (χ1n) is 4.14. The zero-order valence-electron chi connectivity index (χ0n) is 7.46. The molecule has 1 atom stereocenters. The third-order valence-electron chi connectivity index (χ3n) is 1.89. The average molecular weight is 170 g/mol. The molecule has 1 aliphatic rings. The van der Waals surface area contributed by atoms with Crippen molar-refractivity contribution in [3.05, 3.63) is 0 Å². The summed E-state index contributed by atoms with van der Waals surface area (Å²) < 4.78 is 0. The summed E-state index contributed by atoms with van der Waals surface area (Å²) >= 11 is 0. The molecule has 0 bridgehead atoms. The standard InChI is InChI=1S/C8H14N2O2/c1-6-5-10(8(12)9-6)4-3-7(2)11/h6H,3-5H2,1-2H3,(H,9,12). The van der Waals surface area contributed by atoms with Crippen LogP contribution < -0.4 is 5.32 Å². The smallest absolute Gasteiger partial charge is 0.317 e. The normalized spacial score (nSPS) is 22.7. The van der Waals surface area contributed by atoms with Crippen molar-refractivity contribution in [1.29, 1.82) is 0 Å². The van der Waals surface area contributed by atoms with Crippen molar-refractivity contribution in [2.75, 3.05) is 13.1 Å². The molecule has 12 heavy (non-hydrogen) atoms. The Balaban J connectivity index is 2.33. The number of nitrogens with one attached hydrogen (secondary N) is 1. The lowest BCUT2D eigenvalue weighted by Gasteiger charge is -2.12. The molecule has 1 fully saturated rings. The number of nitrogens with zero attached hydrogens (tertiary/aromatic N) is 1. The molecule has 0 aromatic heterocycles. The molecule has 0 aliphatic carbocycles. The van der Waals surface area contributed by atoms with Crippen LogP contribution in [0.4, 0.5) is 4.79 Å². The first-order chi connectivity index (χ1) is 5.59. The van der Waals surface area contributed by atoms with Gasteiger partial charge in [0.05, 0.1) is 0 Å². The third-order valence-corrected chi connectivity index (χ3v) is 1.89. The summed E-state index contributed by atoms with van der Waals surface area (Å²) in [6, 6.07) is 0.160. The Morgan fingerprint density at radius 3 is 2.83 bits per heavy atom. The molecule has 1 saturated heterocycles. The SMILES string of the molecule is CC(=O)CCN1CC(C)NC1=O. The molecule has 1 heterocycles. The Kier molecular flexibility index (Phi) is 2.68. The van der Waals surface area contributed by atoms with Gasteiger partial charge in [-0.1, -0.05) is 0 Å². The molecule has 0 spiro atoms. The van der Waals surface area contributed by atoms with Crippen molar-refractivity contribution >= 4 is 11.8 Å². The summed E-state index contributed by atoms with van der Waals surface area (Å²) in [6.45, 7) is 4.75. The molecule has 2 amide bonds. The number of amides is 2. The van der Waals surface area contributed by atoms with Crippen LogP contribution in [0.15, 0.2) is 0 Å². The van der Waals surface area contributed by atoms with Crippen LogP contribution in [0.5, 0.6) is 0 Å². The molecular formula is C8H14N2O2. The van der Waals surface area contributed by atoms with E-state index in [9.17, 15) is 9.59 Å². The summed E-state index contributed by atoms with van der Waals surface area (Å²) in [6.07, 6.45) is 0.458. The van der Waals surface area contributed by atoms with E-state index >= 15 is 0 Å². The number of hydrogen-bond acceptors (Lipinski definition) is 2. The maximum absolute atomic E-state index is 11.1. The summed E-state index contributed by atoms with van der Waals surface area (Å²) in [5.74, 6) is 0.127. The summed E-state index contributed by atoms with van der Waals surface area (Å²) in [4.78, 5) is 23.4. The Morgan fingerprint density at radius 1 is 1.75 bits per heavy atom.